The maximum atomic E-state index is 3.75. The van der Waals surface area contributed by atoms with Gasteiger partial charge in [-0.3, -0.25) is 0 Å². The van der Waals surface area contributed by atoms with Gasteiger partial charge in [0.15, 0.2) is 12.4 Å². The average Bonchev–Trinajstić information content (AvgIpc) is 3.03. The van der Waals surface area contributed by atoms with Gasteiger partial charge in [-0.25, -0.2) is 0 Å². The van der Waals surface area contributed by atoms with Crippen LogP contribution in [0.3, 0.4) is 0 Å². The number of anilines is 2. The molecule has 4 heterocycles. The van der Waals surface area contributed by atoms with Crippen LogP contribution in [0.4, 0.5) is 11.4 Å². The molecule has 0 unspecified atom stereocenters. The van der Waals surface area contributed by atoms with E-state index in [1.54, 1.807) is 0 Å². The number of hydrogen-bond acceptors (Lipinski definition) is 2. The van der Waals surface area contributed by atoms with Gasteiger partial charge in [0.05, 0.1) is 22.1 Å². The molecule has 2 aromatic heterocycles. The van der Waals surface area contributed by atoms with Gasteiger partial charge in [-0.05, 0) is 37.8 Å². The topological polar surface area (TPSA) is 31.8 Å². The molecule has 0 saturated carbocycles. The normalized spacial score (nSPS) is 17.9. The lowest BCUT2D eigenvalue weighted by Gasteiger charge is -2.10. The zero-order chi connectivity index (χ0) is 28.7. The molecule has 0 amide bonds. The van der Waals surface area contributed by atoms with E-state index in [-0.39, 0.29) is 0 Å². The SMILES string of the molecule is c1ccc2c(c1)c1cc[n+]2CCCCCCCCCC[n+]2ccc(c3ccccc32)NCCCCCCCCCCN1. The fraction of sp³-hybridized carbons (Fsp3) is 0.526. The minimum absolute atomic E-state index is 1.06. The zero-order valence-corrected chi connectivity index (χ0v) is 26.0. The van der Waals surface area contributed by atoms with Crippen molar-refractivity contribution in [2.75, 3.05) is 23.7 Å². The van der Waals surface area contributed by atoms with E-state index in [1.165, 1.54) is 136 Å². The fourth-order valence-corrected chi connectivity index (χ4v) is 6.65. The highest BCUT2D eigenvalue weighted by Crippen LogP contribution is 2.22. The van der Waals surface area contributed by atoms with Crippen molar-refractivity contribution >= 4 is 33.2 Å². The van der Waals surface area contributed by atoms with E-state index in [0.717, 1.165) is 26.2 Å². The first-order valence-corrected chi connectivity index (χ1v) is 17.2. The molecule has 0 atom stereocenters. The maximum Gasteiger partial charge on any atom is 0.214 e. The first-order chi connectivity index (χ1) is 20.9. The van der Waals surface area contributed by atoms with E-state index in [0.29, 0.717) is 0 Å². The van der Waals surface area contributed by atoms with Crippen molar-refractivity contribution < 1.29 is 9.13 Å². The van der Waals surface area contributed by atoms with Gasteiger partial charge in [0.1, 0.15) is 13.1 Å². The molecule has 4 nitrogen and oxygen atoms in total. The second kappa shape index (κ2) is 17.1. The van der Waals surface area contributed by atoms with Crippen LogP contribution in [-0.2, 0) is 13.1 Å². The Hall–Kier alpha value is -3.14. The summed E-state index contributed by atoms with van der Waals surface area (Å²) in [5.74, 6) is 0. The predicted octanol–water partition coefficient (Wildman–Crippen LogP) is 9.35. The lowest BCUT2D eigenvalue weighted by Crippen LogP contribution is -2.34. The second-order valence-corrected chi connectivity index (χ2v) is 12.4. The first-order valence-electron chi connectivity index (χ1n) is 17.2. The minimum Gasteiger partial charge on any atom is -0.384 e. The number of hydrogen-bond donors (Lipinski definition) is 2. The molecule has 42 heavy (non-hydrogen) atoms. The molecule has 4 bridgehead atoms. The number of rotatable bonds is 0. The third-order valence-corrected chi connectivity index (χ3v) is 9.13. The predicted molar refractivity (Wildman–Crippen MR) is 179 cm³/mol. The van der Waals surface area contributed by atoms with Crippen LogP contribution >= 0.6 is 0 Å². The van der Waals surface area contributed by atoms with Crippen molar-refractivity contribution in [2.45, 2.75) is 116 Å². The molecule has 4 heteroatoms. The van der Waals surface area contributed by atoms with Crippen molar-refractivity contribution in [1.29, 1.82) is 0 Å². The maximum absolute atomic E-state index is 3.75. The summed E-state index contributed by atoms with van der Waals surface area (Å²) in [4.78, 5) is 0. The Kier molecular flexibility index (Phi) is 12.3. The number of nitrogens with one attached hydrogen (secondary N) is 2. The molecule has 6 rings (SSSR count). The summed E-state index contributed by atoms with van der Waals surface area (Å²) < 4.78 is 4.92. The molecular weight excluding hydrogens is 512 g/mol. The number of aryl methyl sites for hydroxylation is 2. The Labute approximate surface area is 254 Å². The quantitative estimate of drug-likeness (QED) is 0.208. The van der Waals surface area contributed by atoms with Crippen LogP contribution in [0.2, 0.25) is 0 Å². The third-order valence-electron chi connectivity index (χ3n) is 9.13. The van der Waals surface area contributed by atoms with Gasteiger partial charge in [-0.15, -0.1) is 0 Å². The Morgan fingerprint density at radius 2 is 0.738 bits per heavy atom. The Balaban J connectivity index is 1.15. The van der Waals surface area contributed by atoms with E-state index in [4.69, 9.17) is 0 Å². The van der Waals surface area contributed by atoms with Crippen LogP contribution in [-0.4, -0.2) is 13.1 Å². The van der Waals surface area contributed by atoms with Crippen molar-refractivity contribution in [3.05, 3.63) is 73.1 Å². The van der Waals surface area contributed by atoms with E-state index >= 15 is 0 Å². The van der Waals surface area contributed by atoms with E-state index in [1.807, 2.05) is 0 Å². The van der Waals surface area contributed by atoms with Crippen LogP contribution in [0.1, 0.15) is 103 Å². The van der Waals surface area contributed by atoms with Gasteiger partial charge < -0.3 is 10.6 Å². The summed E-state index contributed by atoms with van der Waals surface area (Å²) in [7, 11) is 0. The Morgan fingerprint density at radius 1 is 0.381 bits per heavy atom. The Bertz CT molecular complexity index is 1260. The molecule has 2 aliphatic heterocycles. The molecule has 2 aliphatic rings. The summed E-state index contributed by atoms with van der Waals surface area (Å²) in [6, 6.07) is 22.4. The molecule has 0 aliphatic carbocycles. The summed E-state index contributed by atoms with van der Waals surface area (Å²) in [5, 5.41) is 10.2. The highest BCUT2D eigenvalue weighted by Gasteiger charge is 2.13. The molecule has 0 fully saturated rings. The molecule has 4 aromatic rings. The van der Waals surface area contributed by atoms with Crippen LogP contribution < -0.4 is 19.8 Å². The summed E-state index contributed by atoms with van der Waals surface area (Å²) in [5.41, 5.74) is 5.30. The summed E-state index contributed by atoms with van der Waals surface area (Å²) in [6.45, 7) is 4.35. The van der Waals surface area contributed by atoms with E-state index in [9.17, 15) is 0 Å². The third kappa shape index (κ3) is 8.93. The zero-order valence-electron chi connectivity index (χ0n) is 26.0. The Morgan fingerprint density at radius 3 is 1.17 bits per heavy atom. The van der Waals surface area contributed by atoms with E-state index < -0.39 is 0 Å². The van der Waals surface area contributed by atoms with Gasteiger partial charge in [0, 0.05) is 50.2 Å². The largest absolute Gasteiger partial charge is 0.384 e. The lowest BCUT2D eigenvalue weighted by atomic mass is 10.1. The monoisotopic (exact) mass is 566 g/mol. The minimum atomic E-state index is 1.06. The van der Waals surface area contributed by atoms with Crippen molar-refractivity contribution in [3.8, 4) is 0 Å². The van der Waals surface area contributed by atoms with E-state index in [2.05, 4.69) is 92.8 Å². The standard InChI is InChI=1S/C38H52N4/c1-2-6-10-18-28-40-36-26-32-42(38-24-16-14-22-34(36)38)30-20-12-8-4-3-7-11-19-29-41-31-25-35(39-27-17-9-5-1)33-21-13-15-23-37(33)41/h13-16,21-26,31-32H,1-12,17-20,27-30H2/p+2. The number of benzene rings is 2. The molecule has 0 radical (unpaired) electrons. The van der Waals surface area contributed by atoms with Crippen molar-refractivity contribution in [1.82, 2.24) is 0 Å². The van der Waals surface area contributed by atoms with Crippen LogP contribution in [0.5, 0.6) is 0 Å². The van der Waals surface area contributed by atoms with Crippen LogP contribution in [0, 0.1) is 0 Å². The first kappa shape index (κ1) is 30.3. The van der Waals surface area contributed by atoms with Gasteiger partial charge in [-0.1, -0.05) is 88.5 Å². The summed E-state index contributed by atoms with van der Waals surface area (Å²) in [6.07, 6.45) is 25.8. The average molecular weight is 567 g/mol. The van der Waals surface area contributed by atoms with Gasteiger partial charge in [0.2, 0.25) is 11.0 Å². The van der Waals surface area contributed by atoms with Crippen LogP contribution in [0.15, 0.2) is 73.1 Å². The van der Waals surface area contributed by atoms with Gasteiger partial charge in [-0.2, -0.15) is 9.13 Å². The molecule has 2 aromatic carbocycles. The number of para-hydroxylation sites is 2. The van der Waals surface area contributed by atoms with Crippen molar-refractivity contribution in [2.24, 2.45) is 0 Å². The lowest BCUT2D eigenvalue weighted by molar-refractivity contribution is -0.672. The molecule has 224 valence electrons. The smallest absolute Gasteiger partial charge is 0.214 e. The number of pyridine rings is 2. The van der Waals surface area contributed by atoms with Gasteiger partial charge >= 0.3 is 0 Å². The molecule has 0 saturated heterocycles. The molecule has 2 N–H and O–H groups in total. The van der Waals surface area contributed by atoms with Gasteiger partial charge in [0.25, 0.3) is 0 Å². The molecule has 0 spiro atoms. The summed E-state index contributed by atoms with van der Waals surface area (Å²) >= 11 is 0. The number of fused-ring (bicyclic) bond motifs is 22. The second-order valence-electron chi connectivity index (χ2n) is 12.4. The highest BCUT2D eigenvalue weighted by atomic mass is 15.0. The molecular formula is C38H54N4+2. The highest BCUT2D eigenvalue weighted by molar-refractivity contribution is 5.89. The fourth-order valence-electron chi connectivity index (χ4n) is 6.65. The number of nitrogens with zero attached hydrogens (tertiary/aromatic N) is 2. The van der Waals surface area contributed by atoms with Crippen LogP contribution in [0.25, 0.3) is 21.8 Å². The van der Waals surface area contributed by atoms with Crippen molar-refractivity contribution in [3.63, 3.8) is 0 Å². The number of aromatic nitrogens is 2.